The fourth-order valence-electron chi connectivity index (χ4n) is 3.79. The minimum atomic E-state index is -1.27. The van der Waals surface area contributed by atoms with Crippen molar-refractivity contribution in [1.82, 2.24) is 0 Å². The third-order valence-electron chi connectivity index (χ3n) is 5.69. The summed E-state index contributed by atoms with van der Waals surface area (Å²) in [6, 6.07) is 0. The van der Waals surface area contributed by atoms with E-state index in [2.05, 4.69) is 20.8 Å². The van der Waals surface area contributed by atoms with E-state index in [1.165, 1.54) is 0 Å². The highest BCUT2D eigenvalue weighted by atomic mass is 16.5. The monoisotopic (exact) mass is 452 g/mol. The number of ether oxygens (including phenoxy) is 2. The highest BCUT2D eigenvalue weighted by molar-refractivity contribution is 5.96. The summed E-state index contributed by atoms with van der Waals surface area (Å²) in [5, 5.41) is 30.9. The lowest BCUT2D eigenvalue weighted by Gasteiger charge is -2.21. The Hall–Kier alpha value is -2.11. The van der Waals surface area contributed by atoms with Crippen molar-refractivity contribution in [3.05, 3.63) is 11.1 Å². The van der Waals surface area contributed by atoms with Gasteiger partial charge in [-0.25, -0.2) is 4.79 Å². The maximum atomic E-state index is 12.0. The van der Waals surface area contributed by atoms with Crippen molar-refractivity contribution in [2.75, 3.05) is 13.2 Å². The number of hydrogen-bond donors (Lipinski definition) is 3. The van der Waals surface area contributed by atoms with Crippen LogP contribution in [0.3, 0.4) is 0 Å². The van der Waals surface area contributed by atoms with Gasteiger partial charge in [-0.05, 0) is 25.7 Å². The fraction of sp³-hybridized carbons (Fsp3) is 0.731. The van der Waals surface area contributed by atoms with Crippen LogP contribution >= 0.6 is 0 Å². The van der Waals surface area contributed by atoms with Gasteiger partial charge in [0, 0.05) is 5.56 Å². The number of aromatic carboxylic acids is 1. The molecular weight excluding hydrogens is 408 g/mol. The van der Waals surface area contributed by atoms with Crippen molar-refractivity contribution >= 4 is 5.97 Å². The number of carboxylic acid groups (broad SMARTS) is 1. The maximum absolute atomic E-state index is 12.0. The molecule has 0 aliphatic heterocycles. The zero-order valence-electron chi connectivity index (χ0n) is 20.4. The van der Waals surface area contributed by atoms with Crippen molar-refractivity contribution in [1.29, 1.82) is 0 Å². The van der Waals surface area contributed by atoms with Crippen molar-refractivity contribution in [2.45, 2.75) is 111 Å². The van der Waals surface area contributed by atoms with E-state index in [1.807, 2.05) is 0 Å². The van der Waals surface area contributed by atoms with E-state index in [0.29, 0.717) is 25.2 Å². The highest BCUT2D eigenvalue weighted by Gasteiger charge is 2.29. The largest absolute Gasteiger partial charge is 0.504 e. The molecule has 0 aliphatic rings. The number of aromatic hydroxyl groups is 2. The minimum Gasteiger partial charge on any atom is -0.504 e. The zero-order valence-corrected chi connectivity index (χ0v) is 20.4. The van der Waals surface area contributed by atoms with Crippen molar-refractivity contribution in [3.63, 3.8) is 0 Å². The molecule has 1 rings (SSSR count). The van der Waals surface area contributed by atoms with Crippen LogP contribution in [-0.4, -0.2) is 34.5 Å². The first-order valence-electron chi connectivity index (χ1n) is 12.6. The lowest BCUT2D eigenvalue weighted by atomic mass is 9.97. The molecule has 6 nitrogen and oxygen atoms in total. The van der Waals surface area contributed by atoms with E-state index in [0.717, 1.165) is 83.5 Å². The molecule has 0 fully saturated rings. The fourth-order valence-corrected chi connectivity index (χ4v) is 3.79. The molecule has 1 aromatic rings. The SMILES string of the molecule is CCCCCCCc1c(OCCCCCC)c(OCCCCCC)c(O)c(O)c1C(=O)O. The Kier molecular flexibility index (Phi) is 14.4. The number of phenols is 2. The van der Waals surface area contributed by atoms with Gasteiger partial charge in [0.2, 0.25) is 11.5 Å². The Morgan fingerprint density at radius 2 is 1.12 bits per heavy atom. The molecular formula is C26H44O6. The van der Waals surface area contributed by atoms with Crippen LogP contribution < -0.4 is 9.47 Å². The molecule has 0 unspecified atom stereocenters. The second-order valence-electron chi connectivity index (χ2n) is 8.50. The second-order valence-corrected chi connectivity index (χ2v) is 8.50. The molecule has 184 valence electrons. The standard InChI is InChI=1S/C26H44O6/c1-4-7-10-13-14-17-20-21(26(29)30)22(27)23(28)25(32-19-16-12-9-6-3)24(20)31-18-15-11-8-5-2/h27-28H,4-19H2,1-3H3,(H,29,30). The Morgan fingerprint density at radius 1 is 0.656 bits per heavy atom. The van der Waals surface area contributed by atoms with Crippen LogP contribution in [0.15, 0.2) is 0 Å². The molecule has 0 heterocycles. The first kappa shape index (κ1) is 27.9. The summed E-state index contributed by atoms with van der Waals surface area (Å²) in [6.07, 6.45) is 13.7. The van der Waals surface area contributed by atoms with Gasteiger partial charge in [-0.2, -0.15) is 0 Å². The molecule has 0 radical (unpaired) electrons. The maximum Gasteiger partial charge on any atom is 0.340 e. The molecule has 0 aromatic heterocycles. The van der Waals surface area contributed by atoms with Crippen LogP contribution in [0.25, 0.3) is 0 Å². The van der Waals surface area contributed by atoms with Gasteiger partial charge in [0.05, 0.1) is 13.2 Å². The predicted octanol–water partition coefficient (Wildman–Crippen LogP) is 7.23. The van der Waals surface area contributed by atoms with Crippen molar-refractivity contribution in [3.8, 4) is 23.0 Å². The highest BCUT2D eigenvalue weighted by Crippen LogP contribution is 2.49. The van der Waals surface area contributed by atoms with Crippen LogP contribution in [0.4, 0.5) is 0 Å². The van der Waals surface area contributed by atoms with Crippen LogP contribution in [0.2, 0.25) is 0 Å². The molecule has 0 aliphatic carbocycles. The minimum absolute atomic E-state index is 0.0723. The number of hydrogen-bond acceptors (Lipinski definition) is 5. The Balaban J connectivity index is 3.19. The Labute approximate surface area is 194 Å². The van der Waals surface area contributed by atoms with Crippen LogP contribution in [0, 0.1) is 0 Å². The summed E-state index contributed by atoms with van der Waals surface area (Å²) in [5.74, 6) is -2.10. The molecule has 0 saturated heterocycles. The molecule has 3 N–H and O–H groups in total. The zero-order chi connectivity index (χ0) is 23.8. The van der Waals surface area contributed by atoms with Crippen LogP contribution in [0.1, 0.15) is 120 Å². The van der Waals surface area contributed by atoms with Gasteiger partial charge in [0.25, 0.3) is 0 Å². The summed E-state index contributed by atoms with van der Waals surface area (Å²) < 4.78 is 11.9. The van der Waals surface area contributed by atoms with Gasteiger partial charge in [-0.3, -0.25) is 0 Å². The predicted molar refractivity (Wildman–Crippen MR) is 128 cm³/mol. The van der Waals surface area contributed by atoms with E-state index in [4.69, 9.17) is 9.47 Å². The van der Waals surface area contributed by atoms with Gasteiger partial charge in [0.15, 0.2) is 11.5 Å². The van der Waals surface area contributed by atoms with Crippen LogP contribution in [0.5, 0.6) is 23.0 Å². The molecule has 6 heteroatoms. The van der Waals surface area contributed by atoms with Gasteiger partial charge in [-0.1, -0.05) is 85.0 Å². The molecule has 0 bridgehead atoms. The van der Waals surface area contributed by atoms with Crippen molar-refractivity contribution in [2.24, 2.45) is 0 Å². The van der Waals surface area contributed by atoms with Crippen molar-refractivity contribution < 1.29 is 29.6 Å². The normalized spacial score (nSPS) is 11.0. The molecule has 0 atom stereocenters. The Morgan fingerprint density at radius 3 is 1.62 bits per heavy atom. The first-order chi connectivity index (χ1) is 15.5. The molecule has 0 saturated carbocycles. The number of carboxylic acids is 1. The summed E-state index contributed by atoms with van der Waals surface area (Å²) in [4.78, 5) is 12.0. The molecule has 0 amide bonds. The van der Waals surface area contributed by atoms with Gasteiger partial charge in [-0.15, -0.1) is 0 Å². The topological polar surface area (TPSA) is 96.2 Å². The Bertz CT molecular complexity index is 671. The first-order valence-corrected chi connectivity index (χ1v) is 12.6. The van der Waals surface area contributed by atoms with Gasteiger partial charge in [0.1, 0.15) is 5.56 Å². The quantitative estimate of drug-likeness (QED) is 0.151. The smallest absolute Gasteiger partial charge is 0.340 e. The molecule has 1 aromatic carbocycles. The lowest BCUT2D eigenvalue weighted by Crippen LogP contribution is -2.11. The molecule has 32 heavy (non-hydrogen) atoms. The lowest BCUT2D eigenvalue weighted by molar-refractivity contribution is 0.0690. The average Bonchev–Trinajstić information content (AvgIpc) is 2.77. The second kappa shape index (κ2) is 16.5. The van der Waals surface area contributed by atoms with E-state index in [9.17, 15) is 20.1 Å². The molecule has 0 spiro atoms. The third-order valence-corrected chi connectivity index (χ3v) is 5.69. The van der Waals surface area contributed by atoms with E-state index in [-0.39, 0.29) is 17.1 Å². The van der Waals surface area contributed by atoms with Gasteiger partial charge >= 0.3 is 5.97 Å². The summed E-state index contributed by atoms with van der Waals surface area (Å²) in [7, 11) is 0. The van der Waals surface area contributed by atoms with E-state index in [1.54, 1.807) is 0 Å². The average molecular weight is 453 g/mol. The van der Waals surface area contributed by atoms with E-state index >= 15 is 0 Å². The summed E-state index contributed by atoms with van der Waals surface area (Å²) in [5.41, 5.74) is 0.142. The number of carbonyl (C=O) groups is 1. The van der Waals surface area contributed by atoms with Gasteiger partial charge < -0.3 is 24.8 Å². The number of benzene rings is 1. The summed E-state index contributed by atoms with van der Waals surface area (Å²) >= 11 is 0. The number of unbranched alkanes of at least 4 members (excludes halogenated alkanes) is 10. The van der Waals surface area contributed by atoms with Crippen LogP contribution in [-0.2, 0) is 6.42 Å². The number of phenolic OH excluding ortho intramolecular Hbond substituents is 1. The third kappa shape index (κ3) is 9.17. The van der Waals surface area contributed by atoms with E-state index < -0.39 is 17.5 Å². The summed E-state index contributed by atoms with van der Waals surface area (Å²) in [6.45, 7) is 7.21. The number of rotatable bonds is 19.